The minimum atomic E-state index is 0.460. The first-order valence-electron chi connectivity index (χ1n) is 5.61. The highest BCUT2D eigenvalue weighted by Gasteiger charge is 2.13. The van der Waals surface area contributed by atoms with Crippen LogP contribution in [0, 0.1) is 0 Å². The molecule has 0 atom stereocenters. The molecule has 90 valence electrons. The first-order chi connectivity index (χ1) is 8.83. The predicted molar refractivity (Wildman–Crippen MR) is 70.0 cm³/mol. The van der Waals surface area contributed by atoms with E-state index in [0.717, 1.165) is 28.3 Å². The summed E-state index contributed by atoms with van der Waals surface area (Å²) < 4.78 is 5.29. The zero-order chi connectivity index (χ0) is 12.5. The second-order valence-electron chi connectivity index (χ2n) is 4.05. The van der Waals surface area contributed by atoms with Crippen LogP contribution < -0.4 is 4.74 Å². The van der Waals surface area contributed by atoms with E-state index >= 15 is 0 Å². The third kappa shape index (κ3) is 1.50. The number of carbonyl (C=O) groups is 1. The summed E-state index contributed by atoms with van der Waals surface area (Å²) in [5, 5.41) is 1.13. The second-order valence-corrected chi connectivity index (χ2v) is 4.05. The van der Waals surface area contributed by atoms with Crippen LogP contribution in [-0.2, 0) is 0 Å². The van der Waals surface area contributed by atoms with Crippen molar-refractivity contribution in [3.8, 4) is 16.9 Å². The number of aldehydes is 1. The third-order valence-corrected chi connectivity index (χ3v) is 3.05. The molecule has 0 aliphatic rings. The van der Waals surface area contributed by atoms with E-state index in [-0.39, 0.29) is 0 Å². The van der Waals surface area contributed by atoms with E-state index in [1.165, 1.54) is 0 Å². The second kappa shape index (κ2) is 4.07. The van der Waals surface area contributed by atoms with Gasteiger partial charge in [-0.1, -0.05) is 6.07 Å². The molecule has 4 nitrogen and oxygen atoms in total. The summed E-state index contributed by atoms with van der Waals surface area (Å²) in [6.07, 6.45) is 4.45. The Labute approximate surface area is 104 Å². The lowest BCUT2D eigenvalue weighted by molar-refractivity contribution is 0.111. The molecular weight excluding hydrogens is 228 g/mol. The van der Waals surface area contributed by atoms with Gasteiger partial charge in [0.25, 0.3) is 0 Å². The SMILES string of the molecule is COc1c(-c2ccc3[nH]ccc3c2)c[nH]c1C=O. The van der Waals surface area contributed by atoms with Crippen LogP contribution >= 0.6 is 0 Å². The maximum Gasteiger partial charge on any atom is 0.170 e. The van der Waals surface area contributed by atoms with Gasteiger partial charge in [0.05, 0.1) is 7.11 Å². The van der Waals surface area contributed by atoms with Crippen molar-refractivity contribution in [2.45, 2.75) is 0 Å². The summed E-state index contributed by atoms with van der Waals surface area (Å²) in [5.41, 5.74) is 3.46. The lowest BCUT2D eigenvalue weighted by atomic mass is 10.1. The lowest BCUT2D eigenvalue weighted by Crippen LogP contribution is -1.88. The zero-order valence-corrected chi connectivity index (χ0v) is 9.86. The maximum atomic E-state index is 10.9. The lowest BCUT2D eigenvalue weighted by Gasteiger charge is -2.04. The summed E-state index contributed by atoms with van der Waals surface area (Å²) in [6, 6.07) is 8.08. The van der Waals surface area contributed by atoms with Gasteiger partial charge in [-0.15, -0.1) is 0 Å². The van der Waals surface area contributed by atoms with Crippen LogP contribution in [0.25, 0.3) is 22.0 Å². The quantitative estimate of drug-likeness (QED) is 0.691. The molecule has 3 rings (SSSR count). The van der Waals surface area contributed by atoms with Crippen molar-refractivity contribution in [3.05, 3.63) is 42.4 Å². The molecule has 0 saturated heterocycles. The largest absolute Gasteiger partial charge is 0.494 e. The van der Waals surface area contributed by atoms with Gasteiger partial charge in [0.1, 0.15) is 5.69 Å². The van der Waals surface area contributed by atoms with Crippen LogP contribution in [-0.4, -0.2) is 23.4 Å². The summed E-state index contributed by atoms with van der Waals surface area (Å²) >= 11 is 0. The molecule has 0 bridgehead atoms. The van der Waals surface area contributed by atoms with Gasteiger partial charge in [0.15, 0.2) is 12.0 Å². The van der Waals surface area contributed by atoms with Crippen LogP contribution in [0.2, 0.25) is 0 Å². The fourth-order valence-corrected chi connectivity index (χ4v) is 2.17. The number of ether oxygens (including phenoxy) is 1. The molecule has 1 aromatic carbocycles. The van der Waals surface area contributed by atoms with Crippen molar-refractivity contribution in [2.24, 2.45) is 0 Å². The summed E-state index contributed by atoms with van der Waals surface area (Å²) in [6.45, 7) is 0. The molecule has 4 heteroatoms. The molecular formula is C14H12N2O2. The Balaban J connectivity index is 2.18. The van der Waals surface area contributed by atoms with E-state index in [2.05, 4.69) is 16.0 Å². The van der Waals surface area contributed by atoms with Crippen LogP contribution in [0.5, 0.6) is 5.75 Å². The maximum absolute atomic E-state index is 10.9. The minimum Gasteiger partial charge on any atom is -0.494 e. The molecule has 3 aromatic rings. The molecule has 0 unspecified atom stereocenters. The summed E-state index contributed by atoms with van der Waals surface area (Å²) in [7, 11) is 1.56. The van der Waals surface area contributed by atoms with Gasteiger partial charge >= 0.3 is 0 Å². The fraction of sp³-hybridized carbons (Fsp3) is 0.0714. The Morgan fingerprint density at radius 1 is 1.22 bits per heavy atom. The molecule has 0 aliphatic carbocycles. The van der Waals surface area contributed by atoms with E-state index < -0.39 is 0 Å². The first kappa shape index (κ1) is 10.7. The van der Waals surface area contributed by atoms with Crippen LogP contribution in [0.15, 0.2) is 36.7 Å². The van der Waals surface area contributed by atoms with Crippen molar-refractivity contribution in [1.29, 1.82) is 0 Å². The van der Waals surface area contributed by atoms with Crippen LogP contribution in [0.3, 0.4) is 0 Å². The van der Waals surface area contributed by atoms with Crippen LogP contribution in [0.4, 0.5) is 0 Å². The number of hydrogen-bond acceptors (Lipinski definition) is 2. The van der Waals surface area contributed by atoms with E-state index in [4.69, 9.17) is 4.74 Å². The molecule has 0 amide bonds. The highest BCUT2D eigenvalue weighted by atomic mass is 16.5. The number of H-pyrrole nitrogens is 2. The number of carbonyl (C=O) groups excluding carboxylic acids is 1. The summed E-state index contributed by atoms with van der Waals surface area (Å²) in [4.78, 5) is 16.9. The molecule has 0 saturated carbocycles. The summed E-state index contributed by atoms with van der Waals surface area (Å²) in [5.74, 6) is 0.583. The molecule has 0 aliphatic heterocycles. The minimum absolute atomic E-state index is 0.460. The Kier molecular flexibility index (Phi) is 2.41. The monoisotopic (exact) mass is 240 g/mol. The van der Waals surface area contributed by atoms with Crippen molar-refractivity contribution < 1.29 is 9.53 Å². The van der Waals surface area contributed by atoms with E-state index in [0.29, 0.717) is 11.4 Å². The van der Waals surface area contributed by atoms with Crippen molar-refractivity contribution in [1.82, 2.24) is 9.97 Å². The van der Waals surface area contributed by atoms with Gasteiger partial charge in [0.2, 0.25) is 0 Å². The number of aromatic amines is 2. The Morgan fingerprint density at radius 2 is 2.11 bits per heavy atom. The number of benzene rings is 1. The standard InChI is InChI=1S/C14H12N2O2/c1-18-14-11(7-16-13(14)8-17)9-2-3-12-10(6-9)4-5-15-12/h2-8,15-16H,1H3. The number of aromatic nitrogens is 2. The highest BCUT2D eigenvalue weighted by molar-refractivity contribution is 5.89. The Bertz CT molecular complexity index is 709. The topological polar surface area (TPSA) is 57.9 Å². The fourth-order valence-electron chi connectivity index (χ4n) is 2.17. The Morgan fingerprint density at radius 3 is 2.89 bits per heavy atom. The zero-order valence-electron chi connectivity index (χ0n) is 9.86. The average molecular weight is 240 g/mol. The predicted octanol–water partition coefficient (Wildman–Crippen LogP) is 2.98. The van der Waals surface area contributed by atoms with Gasteiger partial charge in [-0.3, -0.25) is 4.79 Å². The van der Waals surface area contributed by atoms with E-state index in [1.807, 2.05) is 24.4 Å². The molecule has 0 spiro atoms. The molecule has 18 heavy (non-hydrogen) atoms. The van der Waals surface area contributed by atoms with Crippen molar-refractivity contribution >= 4 is 17.2 Å². The number of nitrogens with one attached hydrogen (secondary N) is 2. The number of rotatable bonds is 3. The average Bonchev–Trinajstić information content (AvgIpc) is 3.03. The van der Waals surface area contributed by atoms with Crippen molar-refractivity contribution in [2.75, 3.05) is 7.11 Å². The molecule has 0 fully saturated rings. The molecule has 2 aromatic heterocycles. The Hall–Kier alpha value is -2.49. The van der Waals surface area contributed by atoms with E-state index in [1.54, 1.807) is 13.3 Å². The van der Waals surface area contributed by atoms with Gasteiger partial charge in [-0.05, 0) is 29.1 Å². The van der Waals surface area contributed by atoms with Gasteiger partial charge < -0.3 is 14.7 Å². The van der Waals surface area contributed by atoms with Gasteiger partial charge in [-0.25, -0.2) is 0 Å². The van der Waals surface area contributed by atoms with Crippen LogP contribution in [0.1, 0.15) is 10.5 Å². The number of hydrogen-bond donors (Lipinski definition) is 2. The molecule has 2 heterocycles. The normalized spacial score (nSPS) is 10.7. The smallest absolute Gasteiger partial charge is 0.170 e. The number of fused-ring (bicyclic) bond motifs is 1. The number of methoxy groups -OCH3 is 1. The van der Waals surface area contributed by atoms with Gasteiger partial charge in [0, 0.05) is 23.5 Å². The van der Waals surface area contributed by atoms with E-state index in [9.17, 15) is 4.79 Å². The molecule has 0 radical (unpaired) electrons. The highest BCUT2D eigenvalue weighted by Crippen LogP contribution is 2.33. The van der Waals surface area contributed by atoms with Gasteiger partial charge in [-0.2, -0.15) is 0 Å². The third-order valence-electron chi connectivity index (χ3n) is 3.05. The first-order valence-corrected chi connectivity index (χ1v) is 5.61. The van der Waals surface area contributed by atoms with Crippen molar-refractivity contribution in [3.63, 3.8) is 0 Å². The molecule has 2 N–H and O–H groups in total.